The number of hydrogen-bond donors (Lipinski definition) is 0. The van der Waals surface area contributed by atoms with E-state index in [1.165, 1.54) is 6.42 Å². The summed E-state index contributed by atoms with van der Waals surface area (Å²) < 4.78 is 0. The zero-order valence-electron chi connectivity index (χ0n) is 7.71. The fraction of sp³-hybridized carbons (Fsp3) is 0.875. The first-order chi connectivity index (χ1) is 4.77. The van der Waals surface area contributed by atoms with Crippen molar-refractivity contribution in [2.45, 2.75) is 19.8 Å². The maximum Gasteiger partial charge on any atom is 0.0397 e. The molecule has 68 valence electrons. The zero-order chi connectivity index (χ0) is 7.82. The van der Waals surface area contributed by atoms with Crippen molar-refractivity contribution in [1.29, 1.82) is 0 Å². The van der Waals surface area contributed by atoms with Gasteiger partial charge in [-0.25, -0.2) is 0 Å². The molecule has 0 fully saturated rings. The standard InChI is InChI=1S/C8H18N2.ClH/c1-4-6-9-7-5-8-10(2)3;/h6H,4-5,7-8H2,1-3H3;1H. The van der Waals surface area contributed by atoms with E-state index in [4.69, 9.17) is 0 Å². The molecule has 0 aromatic carbocycles. The van der Waals surface area contributed by atoms with Crippen molar-refractivity contribution in [3.8, 4) is 0 Å². The number of aliphatic imine (C=N–C) groups is 1. The minimum Gasteiger partial charge on any atom is -0.309 e. The molecule has 0 spiro atoms. The summed E-state index contributed by atoms with van der Waals surface area (Å²) in [5, 5.41) is 0. The first-order valence-corrected chi connectivity index (χ1v) is 3.90. The lowest BCUT2D eigenvalue weighted by molar-refractivity contribution is 0.403. The first-order valence-electron chi connectivity index (χ1n) is 3.90. The van der Waals surface area contributed by atoms with Crippen molar-refractivity contribution < 1.29 is 0 Å². The maximum absolute atomic E-state index is 4.21. The summed E-state index contributed by atoms with van der Waals surface area (Å²) >= 11 is 0. The van der Waals surface area contributed by atoms with E-state index in [-0.39, 0.29) is 12.4 Å². The van der Waals surface area contributed by atoms with Crippen LogP contribution in [-0.4, -0.2) is 38.3 Å². The Morgan fingerprint density at radius 1 is 1.36 bits per heavy atom. The molecule has 0 heterocycles. The van der Waals surface area contributed by atoms with Crippen LogP contribution in [0.25, 0.3) is 0 Å². The van der Waals surface area contributed by atoms with Gasteiger partial charge in [-0.15, -0.1) is 12.4 Å². The van der Waals surface area contributed by atoms with Crippen LogP contribution in [0.15, 0.2) is 4.99 Å². The molecule has 0 aliphatic rings. The van der Waals surface area contributed by atoms with Gasteiger partial charge in [-0.2, -0.15) is 0 Å². The van der Waals surface area contributed by atoms with Crippen molar-refractivity contribution in [2.24, 2.45) is 4.99 Å². The third kappa shape index (κ3) is 13.0. The Kier molecular flexibility index (Phi) is 12.2. The van der Waals surface area contributed by atoms with Gasteiger partial charge in [-0.05, 0) is 39.7 Å². The molecular weight excluding hydrogens is 160 g/mol. The molecule has 0 saturated heterocycles. The topological polar surface area (TPSA) is 15.6 Å². The Balaban J connectivity index is 0. The van der Waals surface area contributed by atoms with Gasteiger partial charge in [0.15, 0.2) is 0 Å². The Morgan fingerprint density at radius 3 is 2.45 bits per heavy atom. The molecule has 0 bridgehead atoms. The van der Waals surface area contributed by atoms with E-state index in [1.54, 1.807) is 0 Å². The lowest BCUT2D eigenvalue weighted by Gasteiger charge is -2.06. The summed E-state index contributed by atoms with van der Waals surface area (Å²) in [7, 11) is 4.17. The van der Waals surface area contributed by atoms with Crippen molar-refractivity contribution in [3.05, 3.63) is 0 Å². The van der Waals surface area contributed by atoms with Gasteiger partial charge >= 0.3 is 0 Å². The van der Waals surface area contributed by atoms with E-state index in [2.05, 4.69) is 30.9 Å². The molecule has 2 nitrogen and oxygen atoms in total. The van der Waals surface area contributed by atoms with E-state index in [1.807, 2.05) is 6.21 Å². The predicted molar refractivity (Wildman–Crippen MR) is 54.1 cm³/mol. The Bertz CT molecular complexity index is 92.1. The van der Waals surface area contributed by atoms with Crippen LogP contribution in [0.2, 0.25) is 0 Å². The molecule has 0 atom stereocenters. The fourth-order valence-electron chi connectivity index (χ4n) is 0.699. The molecule has 11 heavy (non-hydrogen) atoms. The quantitative estimate of drug-likeness (QED) is 0.464. The normalized spacial score (nSPS) is 10.5. The van der Waals surface area contributed by atoms with Crippen molar-refractivity contribution in [3.63, 3.8) is 0 Å². The number of nitrogens with zero attached hydrogens (tertiary/aromatic N) is 2. The van der Waals surface area contributed by atoms with Gasteiger partial charge in [-0.1, -0.05) is 6.92 Å². The SMILES string of the molecule is CCC=NCCCN(C)C.Cl. The van der Waals surface area contributed by atoms with E-state index in [9.17, 15) is 0 Å². The van der Waals surface area contributed by atoms with Crippen LogP contribution in [0.4, 0.5) is 0 Å². The summed E-state index contributed by atoms with van der Waals surface area (Å²) in [4.78, 5) is 6.39. The van der Waals surface area contributed by atoms with Crippen LogP contribution >= 0.6 is 12.4 Å². The lowest BCUT2D eigenvalue weighted by Crippen LogP contribution is -2.13. The molecular formula is C8H19ClN2. The largest absolute Gasteiger partial charge is 0.309 e. The zero-order valence-corrected chi connectivity index (χ0v) is 8.52. The molecule has 0 aromatic rings. The Labute approximate surface area is 76.1 Å². The highest BCUT2D eigenvalue weighted by molar-refractivity contribution is 5.85. The summed E-state index contributed by atoms with van der Waals surface area (Å²) in [5.74, 6) is 0. The van der Waals surface area contributed by atoms with Gasteiger partial charge in [0.05, 0.1) is 0 Å². The summed E-state index contributed by atoms with van der Waals surface area (Å²) in [6.07, 6.45) is 4.21. The summed E-state index contributed by atoms with van der Waals surface area (Å²) in [5.41, 5.74) is 0. The molecule has 0 rings (SSSR count). The second kappa shape index (κ2) is 9.92. The molecule has 0 amide bonds. The van der Waals surface area contributed by atoms with E-state index in [0.29, 0.717) is 0 Å². The highest BCUT2D eigenvalue weighted by Crippen LogP contribution is 1.83. The summed E-state index contributed by atoms with van der Waals surface area (Å²) in [6, 6.07) is 0. The van der Waals surface area contributed by atoms with Crippen LogP contribution in [0.5, 0.6) is 0 Å². The van der Waals surface area contributed by atoms with Crippen molar-refractivity contribution in [1.82, 2.24) is 4.90 Å². The Morgan fingerprint density at radius 2 is 2.00 bits per heavy atom. The predicted octanol–water partition coefficient (Wildman–Crippen LogP) is 1.84. The van der Waals surface area contributed by atoms with Crippen molar-refractivity contribution in [2.75, 3.05) is 27.2 Å². The molecule has 0 unspecified atom stereocenters. The van der Waals surface area contributed by atoms with Gasteiger partial charge in [0.25, 0.3) is 0 Å². The Hall–Kier alpha value is -0.0800. The minimum absolute atomic E-state index is 0. The monoisotopic (exact) mass is 178 g/mol. The van der Waals surface area contributed by atoms with Gasteiger partial charge in [-0.3, -0.25) is 4.99 Å². The van der Waals surface area contributed by atoms with Gasteiger partial charge in [0.1, 0.15) is 0 Å². The third-order valence-electron chi connectivity index (χ3n) is 1.20. The first kappa shape index (κ1) is 13.5. The fourth-order valence-corrected chi connectivity index (χ4v) is 0.699. The molecule has 0 aliphatic heterocycles. The average molecular weight is 179 g/mol. The molecule has 0 aliphatic carbocycles. The highest BCUT2D eigenvalue weighted by Gasteiger charge is 1.86. The van der Waals surface area contributed by atoms with Gasteiger partial charge in [0.2, 0.25) is 0 Å². The number of hydrogen-bond acceptors (Lipinski definition) is 2. The van der Waals surface area contributed by atoms with Gasteiger partial charge in [0, 0.05) is 6.54 Å². The molecule has 0 N–H and O–H groups in total. The third-order valence-corrected chi connectivity index (χ3v) is 1.20. The number of halogens is 1. The van der Waals surface area contributed by atoms with Crippen LogP contribution in [0.1, 0.15) is 19.8 Å². The van der Waals surface area contributed by atoms with E-state index in [0.717, 1.165) is 19.5 Å². The second-order valence-electron chi connectivity index (χ2n) is 2.65. The second-order valence-corrected chi connectivity index (χ2v) is 2.65. The van der Waals surface area contributed by atoms with Crippen molar-refractivity contribution >= 4 is 18.6 Å². The maximum atomic E-state index is 4.21. The highest BCUT2D eigenvalue weighted by atomic mass is 35.5. The van der Waals surface area contributed by atoms with Gasteiger partial charge < -0.3 is 4.90 Å². The molecule has 0 aromatic heterocycles. The summed E-state index contributed by atoms with van der Waals surface area (Å²) in [6.45, 7) is 4.22. The minimum atomic E-state index is 0. The van der Waals surface area contributed by atoms with E-state index < -0.39 is 0 Å². The average Bonchev–Trinajstić information content (AvgIpc) is 1.87. The molecule has 0 radical (unpaired) electrons. The lowest BCUT2D eigenvalue weighted by atomic mass is 10.4. The smallest absolute Gasteiger partial charge is 0.0397 e. The van der Waals surface area contributed by atoms with Crippen LogP contribution in [-0.2, 0) is 0 Å². The van der Waals surface area contributed by atoms with E-state index >= 15 is 0 Å². The molecule has 3 heteroatoms. The van der Waals surface area contributed by atoms with Crippen LogP contribution < -0.4 is 0 Å². The van der Waals surface area contributed by atoms with Crippen LogP contribution in [0.3, 0.4) is 0 Å². The molecule has 0 saturated carbocycles. The number of rotatable bonds is 5. The van der Waals surface area contributed by atoms with Crippen LogP contribution in [0, 0.1) is 0 Å².